The van der Waals surface area contributed by atoms with Crippen molar-refractivity contribution in [3.8, 4) is 0 Å². The number of hydrogen-bond acceptors (Lipinski definition) is 3. The summed E-state index contributed by atoms with van der Waals surface area (Å²) in [6, 6.07) is 0.528. The van der Waals surface area contributed by atoms with Crippen molar-refractivity contribution in [2.75, 3.05) is 5.32 Å². The van der Waals surface area contributed by atoms with Crippen LogP contribution in [0.15, 0.2) is 6.20 Å². The topological polar surface area (TPSA) is 62.2 Å². The van der Waals surface area contributed by atoms with Crippen LogP contribution in [0.4, 0.5) is 5.82 Å². The van der Waals surface area contributed by atoms with Gasteiger partial charge in [0.2, 0.25) is 0 Å². The predicted octanol–water partition coefficient (Wildman–Crippen LogP) is 3.65. The van der Waals surface area contributed by atoms with Gasteiger partial charge in [-0.25, -0.2) is 9.78 Å². The summed E-state index contributed by atoms with van der Waals surface area (Å²) in [5.41, 5.74) is 2.60. The highest BCUT2D eigenvalue weighted by Crippen LogP contribution is 2.43. The molecule has 2 fully saturated rings. The lowest BCUT2D eigenvalue weighted by Crippen LogP contribution is -2.29. The number of aromatic nitrogens is 1. The maximum Gasteiger partial charge on any atom is 0.337 e. The molecule has 4 heteroatoms. The SMILES string of the molecule is O=C(O)c1cnc(N[C@@H]2C[C@@H]3CC[C@@H](C3)C2)c2c1CCCC2. The largest absolute Gasteiger partial charge is 0.478 e. The molecule has 0 aromatic carbocycles. The van der Waals surface area contributed by atoms with Crippen molar-refractivity contribution < 1.29 is 9.90 Å². The monoisotopic (exact) mass is 300 g/mol. The fraction of sp³-hybridized carbons (Fsp3) is 0.667. The quantitative estimate of drug-likeness (QED) is 0.894. The fourth-order valence-electron chi connectivity index (χ4n) is 4.88. The highest BCUT2D eigenvalue weighted by atomic mass is 16.4. The van der Waals surface area contributed by atoms with Gasteiger partial charge < -0.3 is 10.4 Å². The zero-order valence-electron chi connectivity index (χ0n) is 13.0. The maximum atomic E-state index is 11.4. The van der Waals surface area contributed by atoms with Crippen molar-refractivity contribution in [2.45, 2.75) is 63.8 Å². The number of hydrogen-bond donors (Lipinski definition) is 2. The number of carbonyl (C=O) groups is 1. The normalized spacial score (nSPS) is 29.9. The molecule has 0 radical (unpaired) electrons. The molecule has 1 aromatic rings. The van der Waals surface area contributed by atoms with E-state index in [9.17, 15) is 9.90 Å². The van der Waals surface area contributed by atoms with E-state index in [1.165, 1.54) is 37.7 Å². The maximum absolute atomic E-state index is 11.4. The number of pyridine rings is 1. The zero-order valence-corrected chi connectivity index (χ0v) is 13.0. The fourth-order valence-corrected chi connectivity index (χ4v) is 4.88. The molecule has 2 saturated carbocycles. The molecule has 0 saturated heterocycles. The first-order valence-electron chi connectivity index (χ1n) is 8.71. The summed E-state index contributed by atoms with van der Waals surface area (Å²) in [5, 5.41) is 13.0. The van der Waals surface area contributed by atoms with Crippen molar-refractivity contribution in [1.29, 1.82) is 0 Å². The summed E-state index contributed by atoms with van der Waals surface area (Å²) >= 11 is 0. The molecule has 0 aliphatic heterocycles. The Morgan fingerprint density at radius 2 is 1.77 bits per heavy atom. The van der Waals surface area contributed by atoms with Crippen LogP contribution in [0.5, 0.6) is 0 Å². The average Bonchev–Trinajstić information content (AvgIpc) is 2.86. The van der Waals surface area contributed by atoms with Gasteiger partial charge in [0.05, 0.1) is 5.56 Å². The van der Waals surface area contributed by atoms with Gasteiger partial charge in [0.25, 0.3) is 0 Å². The molecule has 0 amide bonds. The standard InChI is InChI=1S/C18H24N2O2/c21-18(22)16-10-19-17(15-4-2-1-3-14(15)16)20-13-8-11-5-6-12(7-11)9-13/h10-13H,1-9H2,(H,19,20)(H,21,22)/t11-,12+,13-. The van der Waals surface area contributed by atoms with Crippen LogP contribution in [0.3, 0.4) is 0 Å². The molecule has 22 heavy (non-hydrogen) atoms. The van der Waals surface area contributed by atoms with E-state index in [1.807, 2.05) is 0 Å². The third-order valence-electron chi connectivity index (χ3n) is 5.86. The van der Waals surface area contributed by atoms with E-state index in [4.69, 9.17) is 0 Å². The molecule has 2 bridgehead atoms. The molecule has 118 valence electrons. The van der Waals surface area contributed by atoms with E-state index in [1.54, 1.807) is 6.20 Å². The Morgan fingerprint density at radius 3 is 2.45 bits per heavy atom. The number of aromatic carboxylic acids is 1. The second-order valence-electron chi connectivity index (χ2n) is 7.35. The van der Waals surface area contributed by atoms with E-state index in [0.29, 0.717) is 11.6 Å². The minimum atomic E-state index is -0.840. The number of rotatable bonds is 3. The lowest BCUT2D eigenvalue weighted by molar-refractivity contribution is 0.0695. The van der Waals surface area contributed by atoms with Gasteiger partial charge in [-0.3, -0.25) is 0 Å². The highest BCUT2D eigenvalue weighted by Gasteiger charge is 2.34. The van der Waals surface area contributed by atoms with Crippen molar-refractivity contribution in [3.63, 3.8) is 0 Å². The summed E-state index contributed by atoms with van der Waals surface area (Å²) in [6.45, 7) is 0. The second-order valence-corrected chi connectivity index (χ2v) is 7.35. The number of carboxylic acids is 1. The number of anilines is 1. The van der Waals surface area contributed by atoms with Crippen molar-refractivity contribution in [2.24, 2.45) is 11.8 Å². The minimum Gasteiger partial charge on any atom is -0.478 e. The Hall–Kier alpha value is -1.58. The Bertz CT molecular complexity index is 587. The van der Waals surface area contributed by atoms with Crippen molar-refractivity contribution >= 4 is 11.8 Å². The summed E-state index contributed by atoms with van der Waals surface area (Å²) < 4.78 is 0. The molecule has 4 nitrogen and oxygen atoms in total. The average molecular weight is 300 g/mol. The third kappa shape index (κ3) is 2.49. The van der Waals surface area contributed by atoms with Crippen molar-refractivity contribution in [3.05, 3.63) is 22.9 Å². The number of fused-ring (bicyclic) bond motifs is 3. The highest BCUT2D eigenvalue weighted by molar-refractivity contribution is 5.90. The predicted molar refractivity (Wildman–Crippen MR) is 85.3 cm³/mol. The van der Waals surface area contributed by atoms with Crippen LogP contribution in [0, 0.1) is 11.8 Å². The lowest BCUT2D eigenvalue weighted by Gasteiger charge is -2.30. The van der Waals surface area contributed by atoms with Gasteiger partial charge in [0.15, 0.2) is 0 Å². The molecule has 4 rings (SSSR count). The molecule has 1 heterocycles. The van der Waals surface area contributed by atoms with Crippen LogP contribution in [0.25, 0.3) is 0 Å². The van der Waals surface area contributed by atoms with Crippen LogP contribution in [-0.2, 0) is 12.8 Å². The zero-order chi connectivity index (χ0) is 15.1. The molecular weight excluding hydrogens is 276 g/mol. The first-order chi connectivity index (χ1) is 10.7. The molecule has 0 spiro atoms. The third-order valence-corrected chi connectivity index (χ3v) is 5.86. The van der Waals surface area contributed by atoms with Crippen LogP contribution in [0.2, 0.25) is 0 Å². The summed E-state index contributed by atoms with van der Waals surface area (Å²) in [5.74, 6) is 1.91. The van der Waals surface area contributed by atoms with Gasteiger partial charge in [0.1, 0.15) is 5.82 Å². The van der Waals surface area contributed by atoms with Crippen LogP contribution < -0.4 is 5.32 Å². The number of nitrogens with one attached hydrogen (secondary N) is 1. The van der Waals surface area contributed by atoms with E-state index >= 15 is 0 Å². The van der Waals surface area contributed by atoms with Crippen LogP contribution in [-0.4, -0.2) is 22.1 Å². The van der Waals surface area contributed by atoms with E-state index < -0.39 is 5.97 Å². The lowest BCUT2D eigenvalue weighted by atomic mass is 9.85. The Balaban J connectivity index is 1.60. The number of carboxylic acid groups (broad SMARTS) is 1. The van der Waals surface area contributed by atoms with Crippen LogP contribution in [0.1, 0.15) is 66.4 Å². The van der Waals surface area contributed by atoms with E-state index in [2.05, 4.69) is 10.3 Å². The van der Waals surface area contributed by atoms with E-state index in [-0.39, 0.29) is 0 Å². The molecule has 3 atom stereocenters. The molecule has 1 aromatic heterocycles. The summed E-state index contributed by atoms with van der Waals surface area (Å²) in [4.78, 5) is 15.9. The summed E-state index contributed by atoms with van der Waals surface area (Å²) in [7, 11) is 0. The Kier molecular flexibility index (Phi) is 3.55. The molecule has 3 aliphatic carbocycles. The Morgan fingerprint density at radius 1 is 1.09 bits per heavy atom. The van der Waals surface area contributed by atoms with Crippen LogP contribution >= 0.6 is 0 Å². The second kappa shape index (κ2) is 5.56. The molecule has 2 N–H and O–H groups in total. The molecule has 3 aliphatic rings. The minimum absolute atomic E-state index is 0.406. The first-order valence-corrected chi connectivity index (χ1v) is 8.71. The van der Waals surface area contributed by atoms with Gasteiger partial charge in [0, 0.05) is 12.2 Å². The summed E-state index contributed by atoms with van der Waals surface area (Å²) in [6.07, 6.45) is 12.4. The van der Waals surface area contributed by atoms with Gasteiger partial charge >= 0.3 is 5.97 Å². The molecule has 0 unspecified atom stereocenters. The Labute approximate surface area is 131 Å². The van der Waals surface area contributed by atoms with Gasteiger partial charge in [-0.05, 0) is 67.9 Å². The van der Waals surface area contributed by atoms with E-state index in [0.717, 1.165) is 48.9 Å². The first kappa shape index (κ1) is 14.0. The van der Waals surface area contributed by atoms with Gasteiger partial charge in [-0.1, -0.05) is 12.8 Å². The van der Waals surface area contributed by atoms with Gasteiger partial charge in [-0.2, -0.15) is 0 Å². The van der Waals surface area contributed by atoms with Crippen molar-refractivity contribution in [1.82, 2.24) is 4.98 Å². The number of nitrogens with zero attached hydrogens (tertiary/aromatic N) is 1. The molecular formula is C18H24N2O2. The smallest absolute Gasteiger partial charge is 0.337 e. The van der Waals surface area contributed by atoms with Gasteiger partial charge in [-0.15, -0.1) is 0 Å².